The van der Waals surface area contributed by atoms with E-state index in [0.29, 0.717) is 18.8 Å². The standard InChI is InChI=1S/C20H27N5OS/c1-6-25-16(8-9-21-25)19(26)24(11-7-10-23(4)5)20-22-18-15(3)12-14(2)13-17(18)27-20/h8-9,12-13H,6-7,10-11H2,1-5H3. The van der Waals surface area contributed by atoms with Crippen LogP contribution in [0.15, 0.2) is 24.4 Å². The summed E-state index contributed by atoms with van der Waals surface area (Å²) in [5, 5.41) is 5.01. The number of rotatable bonds is 7. The molecule has 3 aromatic rings. The summed E-state index contributed by atoms with van der Waals surface area (Å²) in [5.41, 5.74) is 3.95. The monoisotopic (exact) mass is 385 g/mol. The molecule has 0 N–H and O–H groups in total. The smallest absolute Gasteiger partial charge is 0.278 e. The number of nitrogens with zero attached hydrogens (tertiary/aromatic N) is 5. The average Bonchev–Trinajstić information content (AvgIpc) is 3.24. The van der Waals surface area contributed by atoms with Crippen LogP contribution in [0.4, 0.5) is 5.13 Å². The second-order valence-corrected chi connectivity index (χ2v) is 8.08. The number of hydrogen-bond donors (Lipinski definition) is 0. The van der Waals surface area contributed by atoms with Gasteiger partial charge >= 0.3 is 0 Å². The number of thiazole rings is 1. The highest BCUT2D eigenvalue weighted by atomic mass is 32.1. The summed E-state index contributed by atoms with van der Waals surface area (Å²) >= 11 is 1.58. The Bertz CT molecular complexity index is 943. The predicted molar refractivity (Wildman–Crippen MR) is 112 cm³/mol. The summed E-state index contributed by atoms with van der Waals surface area (Å²) in [5.74, 6) is -0.0402. The second-order valence-electron chi connectivity index (χ2n) is 7.07. The van der Waals surface area contributed by atoms with Gasteiger partial charge in [-0.05, 0) is 71.1 Å². The van der Waals surface area contributed by atoms with Crippen molar-refractivity contribution in [3.8, 4) is 0 Å². The maximum absolute atomic E-state index is 13.3. The molecule has 2 aromatic heterocycles. The number of fused-ring (bicyclic) bond motifs is 1. The summed E-state index contributed by atoms with van der Waals surface area (Å²) in [6.45, 7) is 8.36. The first-order chi connectivity index (χ1) is 12.9. The molecule has 6 nitrogen and oxygen atoms in total. The van der Waals surface area contributed by atoms with Gasteiger partial charge < -0.3 is 4.90 Å². The molecule has 3 rings (SSSR count). The zero-order valence-electron chi connectivity index (χ0n) is 16.7. The molecule has 0 aliphatic heterocycles. The Balaban J connectivity index is 1.99. The van der Waals surface area contributed by atoms with E-state index in [-0.39, 0.29) is 5.91 Å². The minimum absolute atomic E-state index is 0.0402. The quantitative estimate of drug-likeness (QED) is 0.622. The van der Waals surface area contributed by atoms with Crippen molar-refractivity contribution in [3.63, 3.8) is 0 Å². The van der Waals surface area contributed by atoms with Gasteiger partial charge in [-0.1, -0.05) is 17.4 Å². The lowest BCUT2D eigenvalue weighted by molar-refractivity contribution is 0.0975. The molecular weight excluding hydrogens is 358 g/mol. The third-order valence-electron chi connectivity index (χ3n) is 4.52. The van der Waals surface area contributed by atoms with Gasteiger partial charge in [0.25, 0.3) is 5.91 Å². The summed E-state index contributed by atoms with van der Waals surface area (Å²) in [7, 11) is 4.09. The first kappa shape index (κ1) is 19.5. The van der Waals surface area contributed by atoms with E-state index in [1.807, 2.05) is 25.9 Å². The van der Waals surface area contributed by atoms with Crippen LogP contribution in [0.25, 0.3) is 10.2 Å². The van der Waals surface area contributed by atoms with E-state index < -0.39 is 0 Å². The Morgan fingerprint density at radius 2 is 2.00 bits per heavy atom. The van der Waals surface area contributed by atoms with Crippen LogP contribution >= 0.6 is 11.3 Å². The molecule has 0 aliphatic rings. The number of amides is 1. The van der Waals surface area contributed by atoms with Crippen molar-refractivity contribution < 1.29 is 4.79 Å². The fourth-order valence-electron chi connectivity index (χ4n) is 3.21. The Morgan fingerprint density at radius 3 is 2.70 bits per heavy atom. The van der Waals surface area contributed by atoms with E-state index in [1.54, 1.807) is 28.3 Å². The highest BCUT2D eigenvalue weighted by Gasteiger charge is 2.24. The molecule has 0 bridgehead atoms. The van der Waals surface area contributed by atoms with Gasteiger partial charge in [0.2, 0.25) is 0 Å². The van der Waals surface area contributed by atoms with Crippen LogP contribution in [0.2, 0.25) is 0 Å². The van der Waals surface area contributed by atoms with Crippen molar-refractivity contribution in [1.29, 1.82) is 0 Å². The largest absolute Gasteiger partial charge is 0.309 e. The van der Waals surface area contributed by atoms with Gasteiger partial charge in [-0.25, -0.2) is 4.98 Å². The molecule has 0 fully saturated rings. The van der Waals surface area contributed by atoms with E-state index in [1.165, 1.54) is 5.56 Å². The average molecular weight is 386 g/mol. The molecule has 0 spiro atoms. The molecule has 0 aliphatic carbocycles. The highest BCUT2D eigenvalue weighted by Crippen LogP contribution is 2.32. The minimum atomic E-state index is -0.0402. The molecule has 0 radical (unpaired) electrons. The van der Waals surface area contributed by atoms with E-state index >= 15 is 0 Å². The lowest BCUT2D eigenvalue weighted by Crippen LogP contribution is -2.34. The Kier molecular flexibility index (Phi) is 5.92. The molecule has 0 saturated carbocycles. The summed E-state index contributed by atoms with van der Waals surface area (Å²) in [6, 6.07) is 6.06. The molecular formula is C20H27N5OS. The van der Waals surface area contributed by atoms with Crippen molar-refractivity contribution in [2.24, 2.45) is 0 Å². The van der Waals surface area contributed by atoms with E-state index in [9.17, 15) is 4.79 Å². The number of aromatic nitrogens is 3. The number of aryl methyl sites for hydroxylation is 3. The highest BCUT2D eigenvalue weighted by molar-refractivity contribution is 7.22. The number of carbonyl (C=O) groups excluding carboxylic acids is 1. The third-order valence-corrected chi connectivity index (χ3v) is 5.54. The fraction of sp³-hybridized carbons (Fsp3) is 0.450. The topological polar surface area (TPSA) is 54.3 Å². The van der Waals surface area contributed by atoms with Gasteiger partial charge in [0, 0.05) is 19.3 Å². The maximum atomic E-state index is 13.3. The zero-order chi connectivity index (χ0) is 19.6. The van der Waals surface area contributed by atoms with E-state index in [4.69, 9.17) is 4.98 Å². The van der Waals surface area contributed by atoms with Crippen LogP contribution in [-0.2, 0) is 6.54 Å². The number of carbonyl (C=O) groups is 1. The van der Waals surface area contributed by atoms with Crippen molar-refractivity contribution in [2.45, 2.75) is 33.7 Å². The lowest BCUT2D eigenvalue weighted by atomic mass is 10.1. The molecule has 0 atom stereocenters. The Morgan fingerprint density at radius 1 is 1.22 bits per heavy atom. The van der Waals surface area contributed by atoms with Gasteiger partial charge in [0.15, 0.2) is 5.13 Å². The maximum Gasteiger partial charge on any atom is 0.278 e. The van der Waals surface area contributed by atoms with Gasteiger partial charge in [-0.15, -0.1) is 0 Å². The molecule has 2 heterocycles. The zero-order valence-corrected chi connectivity index (χ0v) is 17.5. The Labute approximate surface area is 164 Å². The van der Waals surface area contributed by atoms with Gasteiger partial charge in [-0.2, -0.15) is 5.10 Å². The van der Waals surface area contributed by atoms with Crippen LogP contribution in [0.1, 0.15) is 35.0 Å². The normalized spacial score (nSPS) is 11.5. The van der Waals surface area contributed by atoms with Crippen LogP contribution in [-0.4, -0.2) is 52.8 Å². The van der Waals surface area contributed by atoms with Gasteiger partial charge in [-0.3, -0.25) is 14.4 Å². The fourth-order valence-corrected chi connectivity index (χ4v) is 4.37. The van der Waals surface area contributed by atoms with Crippen molar-refractivity contribution in [1.82, 2.24) is 19.7 Å². The number of anilines is 1. The van der Waals surface area contributed by atoms with Crippen LogP contribution in [0, 0.1) is 13.8 Å². The molecule has 27 heavy (non-hydrogen) atoms. The molecule has 0 saturated heterocycles. The lowest BCUT2D eigenvalue weighted by Gasteiger charge is -2.21. The van der Waals surface area contributed by atoms with Gasteiger partial charge in [0.1, 0.15) is 5.69 Å². The van der Waals surface area contributed by atoms with Gasteiger partial charge in [0.05, 0.1) is 10.2 Å². The SMILES string of the molecule is CCn1nccc1C(=O)N(CCCN(C)C)c1nc2c(C)cc(C)cc2s1. The number of benzene rings is 1. The third kappa shape index (κ3) is 4.20. The van der Waals surface area contributed by atoms with Crippen LogP contribution < -0.4 is 4.90 Å². The molecule has 0 unspecified atom stereocenters. The first-order valence-electron chi connectivity index (χ1n) is 9.27. The van der Waals surface area contributed by atoms with Crippen LogP contribution in [0.5, 0.6) is 0 Å². The van der Waals surface area contributed by atoms with E-state index in [2.05, 4.69) is 36.0 Å². The molecule has 1 amide bonds. The second kappa shape index (κ2) is 8.19. The Hall–Kier alpha value is -2.25. The summed E-state index contributed by atoms with van der Waals surface area (Å²) < 4.78 is 2.86. The van der Waals surface area contributed by atoms with Crippen molar-refractivity contribution in [3.05, 3.63) is 41.2 Å². The summed E-state index contributed by atoms with van der Waals surface area (Å²) in [6.07, 6.45) is 2.56. The molecule has 7 heteroatoms. The summed E-state index contributed by atoms with van der Waals surface area (Å²) in [4.78, 5) is 22.1. The van der Waals surface area contributed by atoms with Crippen LogP contribution in [0.3, 0.4) is 0 Å². The predicted octanol–water partition coefficient (Wildman–Crippen LogP) is 3.73. The van der Waals surface area contributed by atoms with Crippen molar-refractivity contribution in [2.75, 3.05) is 32.1 Å². The first-order valence-corrected chi connectivity index (χ1v) is 10.1. The molecule has 144 valence electrons. The molecule has 1 aromatic carbocycles. The van der Waals surface area contributed by atoms with E-state index in [0.717, 1.165) is 33.9 Å². The number of hydrogen-bond acceptors (Lipinski definition) is 5. The minimum Gasteiger partial charge on any atom is -0.309 e. The van der Waals surface area contributed by atoms with Crippen molar-refractivity contribution >= 4 is 32.6 Å².